The zero-order valence-corrected chi connectivity index (χ0v) is 9.79. The molecule has 0 aromatic carbocycles. The van der Waals surface area contributed by atoms with Gasteiger partial charge in [0.15, 0.2) is 0 Å². The number of nitrogens with one attached hydrogen (secondary N) is 1. The van der Waals surface area contributed by atoms with E-state index in [4.69, 9.17) is 11.6 Å². The zero-order valence-electron chi connectivity index (χ0n) is 8.22. The fraction of sp³-hybridized carbons (Fsp3) is 0.625. The Kier molecular flexibility index (Phi) is 2.74. The van der Waals surface area contributed by atoms with Gasteiger partial charge in [0.1, 0.15) is 4.90 Å². The van der Waals surface area contributed by atoms with Gasteiger partial charge in [0, 0.05) is 19.3 Å². The van der Waals surface area contributed by atoms with Gasteiger partial charge in [-0.3, -0.25) is 5.10 Å². The summed E-state index contributed by atoms with van der Waals surface area (Å²) in [4.78, 5) is 0.195. The summed E-state index contributed by atoms with van der Waals surface area (Å²) < 4.78 is 25.4. The van der Waals surface area contributed by atoms with E-state index in [0.29, 0.717) is 13.1 Å². The minimum atomic E-state index is -3.41. The van der Waals surface area contributed by atoms with Crippen molar-refractivity contribution in [2.75, 3.05) is 13.1 Å². The van der Waals surface area contributed by atoms with E-state index in [1.54, 1.807) is 0 Å². The molecule has 5 nitrogen and oxygen atoms in total. The van der Waals surface area contributed by atoms with Gasteiger partial charge in [-0.25, -0.2) is 8.42 Å². The molecular weight excluding hydrogens is 238 g/mol. The van der Waals surface area contributed by atoms with Crippen molar-refractivity contribution in [1.82, 2.24) is 14.5 Å². The van der Waals surface area contributed by atoms with Crippen molar-refractivity contribution in [3.63, 3.8) is 0 Å². The number of H-pyrrole nitrogens is 1. The van der Waals surface area contributed by atoms with Crippen LogP contribution in [-0.2, 0) is 10.0 Å². The largest absolute Gasteiger partial charge is 0.284 e. The second-order valence-electron chi connectivity index (χ2n) is 3.75. The minimum absolute atomic E-state index is 0.105. The highest BCUT2D eigenvalue weighted by atomic mass is 35.5. The van der Waals surface area contributed by atoms with Crippen LogP contribution in [0.15, 0.2) is 17.3 Å². The first-order valence-corrected chi connectivity index (χ1v) is 6.52. The summed E-state index contributed by atoms with van der Waals surface area (Å²) in [6, 6.07) is 0. The fourth-order valence-electron chi connectivity index (χ4n) is 1.61. The van der Waals surface area contributed by atoms with Gasteiger partial charge >= 0.3 is 0 Å². The van der Waals surface area contributed by atoms with Gasteiger partial charge in [0.2, 0.25) is 10.0 Å². The maximum atomic E-state index is 12.0. The Morgan fingerprint density at radius 3 is 2.80 bits per heavy atom. The molecule has 1 N–H and O–H groups in total. The lowest BCUT2D eigenvalue weighted by Gasteiger charge is -2.13. The standard InChI is InChI=1S/C8H12ClN3O2S/c1-6-4-12(5-8(6)9)15(13,14)7-2-10-11-3-7/h2-3,6,8H,4-5H2,1H3,(H,10,11). The van der Waals surface area contributed by atoms with Gasteiger partial charge in [0.05, 0.1) is 11.6 Å². The molecule has 84 valence electrons. The highest BCUT2D eigenvalue weighted by Gasteiger charge is 2.36. The average Bonchev–Trinajstić information content (AvgIpc) is 2.77. The molecule has 1 saturated heterocycles. The number of sulfonamides is 1. The van der Waals surface area contributed by atoms with Crippen LogP contribution >= 0.6 is 11.6 Å². The summed E-state index contributed by atoms with van der Waals surface area (Å²) in [5.74, 6) is 0.188. The lowest BCUT2D eigenvalue weighted by Crippen LogP contribution is -2.29. The molecule has 15 heavy (non-hydrogen) atoms. The Morgan fingerprint density at radius 1 is 1.60 bits per heavy atom. The number of rotatable bonds is 2. The normalized spacial score (nSPS) is 28.4. The van der Waals surface area contributed by atoms with E-state index < -0.39 is 10.0 Å². The van der Waals surface area contributed by atoms with Crippen LogP contribution in [-0.4, -0.2) is 41.4 Å². The molecule has 2 rings (SSSR count). The van der Waals surface area contributed by atoms with Crippen LogP contribution in [0.5, 0.6) is 0 Å². The van der Waals surface area contributed by atoms with Gasteiger partial charge in [0.25, 0.3) is 0 Å². The molecule has 0 bridgehead atoms. The van der Waals surface area contributed by atoms with Crippen LogP contribution in [0, 0.1) is 5.92 Å². The van der Waals surface area contributed by atoms with E-state index in [9.17, 15) is 8.42 Å². The number of nitrogens with zero attached hydrogens (tertiary/aromatic N) is 2. The van der Waals surface area contributed by atoms with Gasteiger partial charge in [-0.15, -0.1) is 11.6 Å². The first kappa shape index (κ1) is 10.9. The predicted octanol–water partition coefficient (Wildman–Crippen LogP) is 0.657. The summed E-state index contributed by atoms with van der Waals surface area (Å²) >= 11 is 6.00. The number of aromatic nitrogens is 2. The molecule has 2 atom stereocenters. The summed E-state index contributed by atoms with van der Waals surface area (Å²) in [6.45, 7) is 2.79. The summed E-state index contributed by atoms with van der Waals surface area (Å²) in [7, 11) is -3.41. The molecular formula is C8H12ClN3O2S. The number of halogens is 1. The summed E-state index contributed by atoms with van der Waals surface area (Å²) in [5.41, 5.74) is 0. The topological polar surface area (TPSA) is 66.1 Å². The van der Waals surface area contributed by atoms with Crippen LogP contribution in [0.25, 0.3) is 0 Å². The van der Waals surface area contributed by atoms with E-state index in [1.807, 2.05) is 6.92 Å². The van der Waals surface area contributed by atoms with E-state index in [1.165, 1.54) is 16.7 Å². The minimum Gasteiger partial charge on any atom is -0.284 e. The zero-order chi connectivity index (χ0) is 11.1. The number of alkyl halides is 1. The van der Waals surface area contributed by atoms with Crippen LogP contribution in [0.2, 0.25) is 0 Å². The second kappa shape index (κ2) is 3.77. The number of hydrogen-bond donors (Lipinski definition) is 1. The van der Waals surface area contributed by atoms with E-state index in [-0.39, 0.29) is 16.2 Å². The van der Waals surface area contributed by atoms with Gasteiger partial charge in [-0.1, -0.05) is 6.92 Å². The van der Waals surface area contributed by atoms with Crippen LogP contribution in [0.4, 0.5) is 0 Å². The summed E-state index contributed by atoms with van der Waals surface area (Å²) in [6.07, 6.45) is 2.68. The molecule has 1 fully saturated rings. The van der Waals surface area contributed by atoms with Crippen molar-refractivity contribution in [3.05, 3.63) is 12.4 Å². The molecule has 0 amide bonds. The second-order valence-corrected chi connectivity index (χ2v) is 6.25. The molecule has 2 unspecified atom stereocenters. The molecule has 7 heteroatoms. The van der Waals surface area contributed by atoms with Gasteiger partial charge in [-0.2, -0.15) is 9.40 Å². The highest BCUT2D eigenvalue weighted by Crippen LogP contribution is 2.26. The van der Waals surface area contributed by atoms with Crippen LogP contribution in [0.1, 0.15) is 6.92 Å². The highest BCUT2D eigenvalue weighted by molar-refractivity contribution is 7.89. The first-order valence-electron chi connectivity index (χ1n) is 4.65. The molecule has 1 aliphatic rings. The maximum absolute atomic E-state index is 12.0. The third-order valence-corrected chi connectivity index (χ3v) is 4.96. The molecule has 0 aliphatic carbocycles. The molecule has 1 aromatic heterocycles. The Hall–Kier alpha value is -0.590. The van der Waals surface area contributed by atoms with Crippen molar-refractivity contribution in [2.24, 2.45) is 5.92 Å². The van der Waals surface area contributed by atoms with E-state index in [2.05, 4.69) is 10.2 Å². The molecule has 1 aromatic rings. The van der Waals surface area contributed by atoms with Crippen molar-refractivity contribution in [3.8, 4) is 0 Å². The number of hydrogen-bond acceptors (Lipinski definition) is 3. The smallest absolute Gasteiger partial charge is 0.246 e. The van der Waals surface area contributed by atoms with E-state index >= 15 is 0 Å². The van der Waals surface area contributed by atoms with Crippen molar-refractivity contribution >= 4 is 21.6 Å². The van der Waals surface area contributed by atoms with Crippen LogP contribution < -0.4 is 0 Å². The molecule has 2 heterocycles. The van der Waals surface area contributed by atoms with Crippen molar-refractivity contribution < 1.29 is 8.42 Å². The molecule has 0 saturated carbocycles. The SMILES string of the molecule is CC1CN(S(=O)(=O)c2cn[nH]c2)CC1Cl. The van der Waals surface area contributed by atoms with Crippen molar-refractivity contribution in [1.29, 1.82) is 0 Å². The van der Waals surface area contributed by atoms with Crippen LogP contribution in [0.3, 0.4) is 0 Å². The molecule has 0 radical (unpaired) electrons. The molecule has 1 aliphatic heterocycles. The monoisotopic (exact) mass is 249 g/mol. The van der Waals surface area contributed by atoms with E-state index in [0.717, 1.165) is 0 Å². The average molecular weight is 250 g/mol. The first-order chi connectivity index (χ1) is 7.01. The summed E-state index contributed by atoms with van der Waals surface area (Å²) in [5, 5.41) is 6.02. The Labute approximate surface area is 93.5 Å². The third kappa shape index (κ3) is 1.89. The Balaban J connectivity index is 2.25. The van der Waals surface area contributed by atoms with Gasteiger partial charge in [-0.05, 0) is 5.92 Å². The lowest BCUT2D eigenvalue weighted by atomic mass is 10.2. The fourth-order valence-corrected chi connectivity index (χ4v) is 3.41. The van der Waals surface area contributed by atoms with Crippen molar-refractivity contribution in [2.45, 2.75) is 17.2 Å². The lowest BCUT2D eigenvalue weighted by molar-refractivity contribution is 0.464. The van der Waals surface area contributed by atoms with Gasteiger partial charge < -0.3 is 0 Å². The Morgan fingerprint density at radius 2 is 2.33 bits per heavy atom. The quantitative estimate of drug-likeness (QED) is 0.783. The molecule has 0 spiro atoms. The third-order valence-electron chi connectivity index (χ3n) is 2.60. The predicted molar refractivity (Wildman–Crippen MR) is 56.2 cm³/mol. The maximum Gasteiger partial charge on any atom is 0.246 e. The number of aromatic amines is 1. The Bertz CT molecular complexity index is 421.